The van der Waals surface area contributed by atoms with E-state index in [9.17, 15) is 9.59 Å². The number of benzene rings is 1. The number of rotatable bonds is 6. The lowest BCUT2D eigenvalue weighted by molar-refractivity contribution is -0.129. The number of piperazine rings is 1. The smallest absolute Gasteiger partial charge is 0.264 e. The van der Waals surface area contributed by atoms with Crippen molar-refractivity contribution in [3.8, 4) is 5.75 Å². The largest absolute Gasteiger partial charge is 0.494 e. The first-order chi connectivity index (χ1) is 14.1. The van der Waals surface area contributed by atoms with Crippen molar-refractivity contribution < 1.29 is 14.3 Å². The summed E-state index contributed by atoms with van der Waals surface area (Å²) in [6.07, 6.45) is 0. The second-order valence-corrected chi connectivity index (χ2v) is 8.50. The maximum absolute atomic E-state index is 12.6. The highest BCUT2D eigenvalue weighted by Crippen LogP contribution is 2.24. The normalized spacial score (nSPS) is 14.4. The van der Waals surface area contributed by atoms with Gasteiger partial charge in [0, 0.05) is 32.2 Å². The van der Waals surface area contributed by atoms with Crippen LogP contribution in [0.2, 0.25) is 0 Å². The number of ether oxygens (including phenoxy) is 1. The Balaban J connectivity index is 1.29. The Morgan fingerprint density at radius 3 is 2.72 bits per heavy atom. The Kier molecular flexibility index (Phi) is 6.05. The lowest BCUT2D eigenvalue weighted by Crippen LogP contribution is -2.51. The van der Waals surface area contributed by atoms with Crippen molar-refractivity contribution in [1.82, 2.24) is 19.8 Å². The van der Waals surface area contributed by atoms with Crippen LogP contribution in [-0.2, 0) is 4.79 Å². The highest BCUT2D eigenvalue weighted by atomic mass is 32.2. The molecule has 4 rings (SSSR count). The van der Waals surface area contributed by atoms with Gasteiger partial charge in [-0.05, 0) is 30.5 Å². The summed E-state index contributed by atoms with van der Waals surface area (Å²) in [5.41, 5.74) is 1.75. The minimum atomic E-state index is 0.0511. The van der Waals surface area contributed by atoms with Crippen LogP contribution in [0.1, 0.15) is 16.6 Å². The van der Waals surface area contributed by atoms with Crippen LogP contribution in [0.15, 0.2) is 40.9 Å². The lowest BCUT2D eigenvalue weighted by atomic mass is 10.3. The molecule has 1 aliphatic rings. The number of nitrogens with zero attached hydrogens (tertiary/aromatic N) is 3. The number of aromatic nitrogens is 2. The average Bonchev–Trinajstić information content (AvgIpc) is 3.41. The number of amides is 2. The van der Waals surface area contributed by atoms with Gasteiger partial charge in [-0.25, -0.2) is 4.98 Å². The maximum atomic E-state index is 12.6. The molecule has 1 aliphatic heterocycles. The van der Waals surface area contributed by atoms with Crippen molar-refractivity contribution in [2.45, 2.75) is 12.1 Å². The second-order valence-electron chi connectivity index (χ2n) is 6.59. The summed E-state index contributed by atoms with van der Waals surface area (Å²) < 4.78 is 5.51. The molecule has 0 atom stereocenters. The molecule has 1 N–H and O–H groups in total. The number of H-pyrrole nitrogens is 1. The van der Waals surface area contributed by atoms with E-state index in [1.165, 1.54) is 23.1 Å². The zero-order valence-electron chi connectivity index (χ0n) is 16.1. The molecular weight excluding hydrogens is 408 g/mol. The Hall–Kier alpha value is -2.52. The zero-order chi connectivity index (χ0) is 20.2. The molecule has 0 radical (unpaired) electrons. The molecule has 3 heterocycles. The summed E-state index contributed by atoms with van der Waals surface area (Å²) in [6, 6.07) is 9.44. The third-order valence-electron chi connectivity index (χ3n) is 4.73. The van der Waals surface area contributed by atoms with E-state index >= 15 is 0 Å². The molecule has 7 nitrogen and oxygen atoms in total. The predicted molar refractivity (Wildman–Crippen MR) is 115 cm³/mol. The van der Waals surface area contributed by atoms with Gasteiger partial charge in [0.2, 0.25) is 5.91 Å². The number of thiophene rings is 1. The monoisotopic (exact) mass is 430 g/mol. The highest BCUT2D eigenvalue weighted by Gasteiger charge is 2.25. The first-order valence-corrected chi connectivity index (χ1v) is 11.4. The van der Waals surface area contributed by atoms with E-state index in [4.69, 9.17) is 4.74 Å². The van der Waals surface area contributed by atoms with Gasteiger partial charge in [-0.3, -0.25) is 9.59 Å². The van der Waals surface area contributed by atoms with E-state index in [0.717, 1.165) is 21.7 Å². The zero-order valence-corrected chi connectivity index (χ0v) is 17.7. The van der Waals surface area contributed by atoms with E-state index in [2.05, 4.69) is 9.97 Å². The number of imidazole rings is 1. The molecule has 29 heavy (non-hydrogen) atoms. The second kappa shape index (κ2) is 8.87. The number of hydrogen-bond donors (Lipinski definition) is 1. The number of thioether (sulfide) groups is 1. The summed E-state index contributed by atoms with van der Waals surface area (Å²) >= 11 is 2.84. The number of carbonyl (C=O) groups excluding carboxylic acids is 2. The number of carbonyl (C=O) groups is 2. The predicted octanol–water partition coefficient (Wildman–Crippen LogP) is 3.10. The fraction of sp³-hybridized carbons (Fsp3) is 0.350. The van der Waals surface area contributed by atoms with Gasteiger partial charge in [-0.1, -0.05) is 17.8 Å². The Morgan fingerprint density at radius 1 is 1.21 bits per heavy atom. The van der Waals surface area contributed by atoms with Crippen LogP contribution in [0, 0.1) is 0 Å². The van der Waals surface area contributed by atoms with Gasteiger partial charge >= 0.3 is 0 Å². The fourth-order valence-electron chi connectivity index (χ4n) is 3.23. The molecule has 0 saturated carbocycles. The van der Waals surface area contributed by atoms with Crippen LogP contribution in [-0.4, -0.2) is 70.1 Å². The summed E-state index contributed by atoms with van der Waals surface area (Å²) in [6.45, 7) is 4.82. The molecule has 9 heteroatoms. The van der Waals surface area contributed by atoms with Gasteiger partial charge in [0.25, 0.3) is 5.91 Å². The van der Waals surface area contributed by atoms with E-state index in [-0.39, 0.29) is 11.8 Å². The number of aromatic amines is 1. The van der Waals surface area contributed by atoms with Crippen molar-refractivity contribution in [1.29, 1.82) is 0 Å². The van der Waals surface area contributed by atoms with Crippen LogP contribution < -0.4 is 4.74 Å². The van der Waals surface area contributed by atoms with E-state index in [0.29, 0.717) is 43.7 Å². The van der Waals surface area contributed by atoms with Crippen LogP contribution in [0.5, 0.6) is 5.75 Å². The molecule has 0 unspecified atom stereocenters. The quantitative estimate of drug-likeness (QED) is 0.608. The highest BCUT2D eigenvalue weighted by molar-refractivity contribution is 7.99. The molecule has 152 valence electrons. The maximum Gasteiger partial charge on any atom is 0.264 e. The molecule has 1 saturated heterocycles. The molecule has 2 amide bonds. The van der Waals surface area contributed by atoms with Crippen molar-refractivity contribution >= 4 is 45.9 Å². The van der Waals surface area contributed by atoms with E-state index < -0.39 is 0 Å². The minimum Gasteiger partial charge on any atom is -0.494 e. The Morgan fingerprint density at radius 2 is 2.00 bits per heavy atom. The van der Waals surface area contributed by atoms with Gasteiger partial charge in [0.15, 0.2) is 5.16 Å². The molecule has 2 aromatic heterocycles. The van der Waals surface area contributed by atoms with Crippen LogP contribution >= 0.6 is 23.1 Å². The summed E-state index contributed by atoms with van der Waals surface area (Å²) in [7, 11) is 0. The minimum absolute atomic E-state index is 0.0511. The SMILES string of the molecule is CCOc1ccc2nc(SCC(=O)N3CCN(C(=O)c4cccs4)CC3)[nH]c2c1. The van der Waals surface area contributed by atoms with Crippen LogP contribution in [0.25, 0.3) is 11.0 Å². The fourth-order valence-corrected chi connectivity index (χ4v) is 4.71. The van der Waals surface area contributed by atoms with Crippen molar-refractivity contribution in [2.24, 2.45) is 0 Å². The molecule has 0 spiro atoms. The van der Waals surface area contributed by atoms with E-state index in [1.54, 1.807) is 0 Å². The van der Waals surface area contributed by atoms with Crippen molar-refractivity contribution in [2.75, 3.05) is 38.5 Å². The molecular formula is C20H22N4O3S2. The van der Waals surface area contributed by atoms with Crippen molar-refractivity contribution in [3.05, 3.63) is 40.6 Å². The van der Waals surface area contributed by atoms with Gasteiger partial charge < -0.3 is 19.5 Å². The number of fused-ring (bicyclic) bond motifs is 1. The molecule has 1 aromatic carbocycles. The third kappa shape index (κ3) is 4.56. The van der Waals surface area contributed by atoms with Crippen LogP contribution in [0.3, 0.4) is 0 Å². The Labute approximate surface area is 177 Å². The van der Waals surface area contributed by atoms with Gasteiger partial charge in [-0.15, -0.1) is 11.3 Å². The van der Waals surface area contributed by atoms with Gasteiger partial charge in [-0.2, -0.15) is 0 Å². The topological polar surface area (TPSA) is 78.5 Å². The van der Waals surface area contributed by atoms with Crippen molar-refractivity contribution in [3.63, 3.8) is 0 Å². The molecule has 0 aliphatic carbocycles. The van der Waals surface area contributed by atoms with Gasteiger partial charge in [0.05, 0.1) is 28.3 Å². The number of nitrogens with one attached hydrogen (secondary N) is 1. The van der Waals surface area contributed by atoms with Crippen LogP contribution in [0.4, 0.5) is 0 Å². The lowest BCUT2D eigenvalue weighted by Gasteiger charge is -2.34. The molecule has 0 bridgehead atoms. The summed E-state index contributed by atoms with van der Waals surface area (Å²) in [5.74, 6) is 1.23. The van der Waals surface area contributed by atoms with Gasteiger partial charge in [0.1, 0.15) is 5.75 Å². The first kappa shape index (κ1) is 19.8. The summed E-state index contributed by atoms with van der Waals surface area (Å²) in [4.78, 5) is 37.1. The molecule has 3 aromatic rings. The first-order valence-electron chi connectivity index (χ1n) is 9.50. The summed E-state index contributed by atoms with van der Waals surface area (Å²) in [5, 5.41) is 2.62. The Bertz CT molecular complexity index is 995. The third-order valence-corrected chi connectivity index (χ3v) is 6.44. The standard InChI is InChI=1S/C20H22N4O3S2/c1-2-27-14-5-6-15-16(12-14)22-20(21-15)29-13-18(25)23-7-9-24(10-8-23)19(26)17-4-3-11-28-17/h3-6,11-12H,2,7-10,13H2,1H3,(H,21,22). The van der Waals surface area contributed by atoms with E-state index in [1.807, 2.05) is 52.4 Å². The average molecular weight is 431 g/mol. The number of hydrogen-bond acceptors (Lipinski definition) is 6. The molecule has 1 fully saturated rings.